The van der Waals surface area contributed by atoms with Crippen molar-refractivity contribution in [1.82, 2.24) is 0 Å². The van der Waals surface area contributed by atoms with Crippen LogP contribution in [0.4, 0.5) is 0 Å². The van der Waals surface area contributed by atoms with Crippen LogP contribution in [0.5, 0.6) is 23.0 Å². The summed E-state index contributed by atoms with van der Waals surface area (Å²) in [5.41, 5.74) is 0. The van der Waals surface area contributed by atoms with Crippen LogP contribution >= 0.6 is 7.92 Å². The van der Waals surface area contributed by atoms with Gasteiger partial charge in [0.2, 0.25) is 0 Å². The SMILES string of the molecule is CCP(c1cccc(OC)c1OC)c1cccc(OC)c1OC. The van der Waals surface area contributed by atoms with Gasteiger partial charge < -0.3 is 18.9 Å². The maximum absolute atomic E-state index is 5.62. The summed E-state index contributed by atoms with van der Waals surface area (Å²) >= 11 is 0. The second-order valence-electron chi connectivity index (χ2n) is 4.77. The van der Waals surface area contributed by atoms with E-state index < -0.39 is 7.92 Å². The summed E-state index contributed by atoms with van der Waals surface area (Å²) in [7, 11) is 6.00. The predicted molar refractivity (Wildman–Crippen MR) is 95.8 cm³/mol. The molecule has 0 heterocycles. The van der Waals surface area contributed by atoms with Gasteiger partial charge in [-0.05, 0) is 26.2 Å². The molecule has 0 aromatic heterocycles. The highest BCUT2D eigenvalue weighted by Crippen LogP contribution is 2.44. The number of hydrogen-bond acceptors (Lipinski definition) is 4. The first kappa shape index (κ1) is 17.4. The van der Waals surface area contributed by atoms with E-state index in [9.17, 15) is 0 Å². The van der Waals surface area contributed by atoms with Gasteiger partial charge in [0.15, 0.2) is 23.0 Å². The minimum absolute atomic E-state index is 0.656. The number of benzene rings is 2. The molecule has 5 heteroatoms. The zero-order chi connectivity index (χ0) is 16.8. The summed E-state index contributed by atoms with van der Waals surface area (Å²) in [6.07, 6.45) is 0.961. The summed E-state index contributed by atoms with van der Waals surface area (Å²) < 4.78 is 22.1. The van der Waals surface area contributed by atoms with Crippen molar-refractivity contribution in [3.63, 3.8) is 0 Å². The van der Waals surface area contributed by atoms with Crippen LogP contribution < -0.4 is 29.6 Å². The van der Waals surface area contributed by atoms with Crippen LogP contribution in [0.2, 0.25) is 0 Å². The van der Waals surface area contributed by atoms with Crippen LogP contribution in [0.1, 0.15) is 6.92 Å². The van der Waals surface area contributed by atoms with E-state index in [0.29, 0.717) is 0 Å². The average molecular weight is 334 g/mol. The lowest BCUT2D eigenvalue weighted by Crippen LogP contribution is -2.18. The van der Waals surface area contributed by atoms with Gasteiger partial charge in [-0.3, -0.25) is 0 Å². The highest BCUT2D eigenvalue weighted by Gasteiger charge is 2.23. The fraction of sp³-hybridized carbons (Fsp3) is 0.333. The monoisotopic (exact) mass is 334 g/mol. The van der Waals surface area contributed by atoms with Gasteiger partial charge in [0.25, 0.3) is 0 Å². The molecule has 0 unspecified atom stereocenters. The average Bonchev–Trinajstić information content (AvgIpc) is 2.61. The molecule has 0 spiro atoms. The van der Waals surface area contributed by atoms with Crippen molar-refractivity contribution in [2.45, 2.75) is 6.92 Å². The van der Waals surface area contributed by atoms with Crippen molar-refractivity contribution in [2.24, 2.45) is 0 Å². The molecule has 2 rings (SSSR count). The minimum Gasteiger partial charge on any atom is -0.493 e. The third kappa shape index (κ3) is 3.37. The van der Waals surface area contributed by atoms with E-state index in [1.54, 1.807) is 28.4 Å². The normalized spacial score (nSPS) is 10.5. The van der Waals surface area contributed by atoms with Crippen molar-refractivity contribution in [2.75, 3.05) is 34.6 Å². The molecular weight excluding hydrogens is 311 g/mol. The summed E-state index contributed by atoms with van der Waals surface area (Å²) in [5.74, 6) is 3.06. The molecule has 23 heavy (non-hydrogen) atoms. The van der Waals surface area contributed by atoms with E-state index in [-0.39, 0.29) is 0 Å². The van der Waals surface area contributed by atoms with Gasteiger partial charge in [-0.1, -0.05) is 31.2 Å². The van der Waals surface area contributed by atoms with Crippen LogP contribution in [-0.4, -0.2) is 34.6 Å². The Hall–Kier alpha value is -1.93. The van der Waals surface area contributed by atoms with Gasteiger partial charge in [0, 0.05) is 10.6 Å². The maximum Gasteiger partial charge on any atom is 0.168 e. The van der Waals surface area contributed by atoms with E-state index in [0.717, 1.165) is 39.8 Å². The first-order chi connectivity index (χ1) is 11.2. The van der Waals surface area contributed by atoms with Crippen LogP contribution in [0.25, 0.3) is 0 Å². The predicted octanol–water partition coefficient (Wildman–Crippen LogP) is 3.17. The number of methoxy groups -OCH3 is 4. The zero-order valence-corrected chi connectivity index (χ0v) is 15.1. The highest BCUT2D eigenvalue weighted by molar-refractivity contribution is 7.73. The summed E-state index contributed by atoms with van der Waals surface area (Å²) in [6.45, 7) is 2.17. The molecule has 0 aliphatic heterocycles. The van der Waals surface area contributed by atoms with Crippen LogP contribution in [0.3, 0.4) is 0 Å². The fourth-order valence-corrected chi connectivity index (χ4v) is 5.00. The molecule has 124 valence electrons. The van der Waals surface area contributed by atoms with Gasteiger partial charge in [-0.25, -0.2) is 0 Å². The minimum atomic E-state index is -0.656. The Kier molecular flexibility index (Phi) is 6.12. The quantitative estimate of drug-likeness (QED) is 0.729. The largest absolute Gasteiger partial charge is 0.493 e. The lowest BCUT2D eigenvalue weighted by Gasteiger charge is -2.23. The summed E-state index contributed by atoms with van der Waals surface area (Å²) in [4.78, 5) is 0. The van der Waals surface area contributed by atoms with E-state index in [1.807, 2.05) is 24.3 Å². The van der Waals surface area contributed by atoms with Crippen molar-refractivity contribution in [1.29, 1.82) is 0 Å². The van der Waals surface area contributed by atoms with Gasteiger partial charge in [0.05, 0.1) is 28.4 Å². The number of ether oxygens (including phenoxy) is 4. The Morgan fingerprint density at radius 2 is 1.13 bits per heavy atom. The molecule has 0 N–H and O–H groups in total. The molecule has 2 aromatic rings. The van der Waals surface area contributed by atoms with Crippen molar-refractivity contribution in [3.8, 4) is 23.0 Å². The van der Waals surface area contributed by atoms with Crippen LogP contribution in [0, 0.1) is 0 Å². The Balaban J connectivity index is 2.62. The molecule has 0 atom stereocenters. The van der Waals surface area contributed by atoms with Gasteiger partial charge in [0.1, 0.15) is 0 Å². The van der Waals surface area contributed by atoms with Crippen LogP contribution in [-0.2, 0) is 0 Å². The fourth-order valence-electron chi connectivity index (χ4n) is 2.64. The summed E-state index contributed by atoms with van der Waals surface area (Å²) in [6, 6.07) is 12.0. The van der Waals surface area contributed by atoms with Gasteiger partial charge in [-0.15, -0.1) is 0 Å². The second kappa shape index (κ2) is 8.07. The smallest absolute Gasteiger partial charge is 0.168 e. The van der Waals surface area contributed by atoms with Crippen LogP contribution in [0.15, 0.2) is 36.4 Å². The van der Waals surface area contributed by atoms with Crippen molar-refractivity contribution >= 4 is 18.5 Å². The summed E-state index contributed by atoms with van der Waals surface area (Å²) in [5, 5.41) is 2.27. The lowest BCUT2D eigenvalue weighted by molar-refractivity contribution is 0.357. The molecule has 0 aliphatic rings. The molecule has 0 saturated heterocycles. The van der Waals surface area contributed by atoms with E-state index >= 15 is 0 Å². The molecule has 0 saturated carbocycles. The van der Waals surface area contributed by atoms with E-state index in [4.69, 9.17) is 18.9 Å². The van der Waals surface area contributed by atoms with Gasteiger partial charge in [-0.2, -0.15) is 0 Å². The topological polar surface area (TPSA) is 36.9 Å². The third-order valence-corrected chi connectivity index (χ3v) is 6.16. The second-order valence-corrected chi connectivity index (χ2v) is 7.22. The molecule has 0 radical (unpaired) electrons. The molecule has 0 amide bonds. The first-order valence-corrected chi connectivity index (χ1v) is 8.93. The van der Waals surface area contributed by atoms with E-state index in [2.05, 4.69) is 19.1 Å². The van der Waals surface area contributed by atoms with Gasteiger partial charge >= 0.3 is 0 Å². The standard InChI is InChI=1S/C18H23O4P/c1-6-23(15-11-7-9-13(19-2)17(15)21-4)16-12-8-10-14(20-3)18(16)22-5/h7-12H,6H2,1-5H3. The number of hydrogen-bond donors (Lipinski definition) is 0. The van der Waals surface area contributed by atoms with Crippen molar-refractivity contribution < 1.29 is 18.9 Å². The highest BCUT2D eigenvalue weighted by atomic mass is 31.1. The molecule has 0 bridgehead atoms. The Bertz CT molecular complexity index is 602. The van der Waals surface area contributed by atoms with E-state index in [1.165, 1.54) is 0 Å². The molecule has 4 nitrogen and oxygen atoms in total. The first-order valence-electron chi connectivity index (χ1n) is 7.41. The number of para-hydroxylation sites is 2. The Labute approximate surface area is 139 Å². The lowest BCUT2D eigenvalue weighted by atomic mass is 10.3. The Morgan fingerprint density at radius 1 is 0.696 bits per heavy atom. The Morgan fingerprint density at radius 3 is 1.43 bits per heavy atom. The molecule has 0 fully saturated rings. The molecule has 2 aromatic carbocycles. The third-order valence-electron chi connectivity index (χ3n) is 3.66. The maximum atomic E-state index is 5.62. The molecular formula is C18H23O4P. The number of rotatable bonds is 7. The zero-order valence-electron chi connectivity index (χ0n) is 14.3. The molecule has 0 aliphatic carbocycles. The van der Waals surface area contributed by atoms with Crippen molar-refractivity contribution in [3.05, 3.63) is 36.4 Å².